The van der Waals surface area contributed by atoms with Crippen molar-refractivity contribution in [2.45, 2.75) is 56.4 Å². The van der Waals surface area contributed by atoms with Crippen LogP contribution in [0.1, 0.15) is 50.5 Å². The lowest BCUT2D eigenvalue weighted by molar-refractivity contribution is 0.412. The highest BCUT2D eigenvalue weighted by Crippen LogP contribution is 2.50. The zero-order chi connectivity index (χ0) is 15.6. The summed E-state index contributed by atoms with van der Waals surface area (Å²) in [5.41, 5.74) is 5.61. The number of halogens is 2. The molecular formula is C17H23F2N3. The SMILES string of the molecule is NC(=NCC1(c2c(F)cccc2F)CC1)NC1CCCCC1. The molecule has 0 bridgehead atoms. The zero-order valence-corrected chi connectivity index (χ0v) is 12.7. The molecule has 2 fully saturated rings. The lowest BCUT2D eigenvalue weighted by Gasteiger charge is -2.23. The van der Waals surface area contributed by atoms with E-state index in [1.807, 2.05) is 0 Å². The van der Waals surface area contributed by atoms with E-state index in [-0.39, 0.29) is 5.56 Å². The molecule has 1 aromatic carbocycles. The highest BCUT2D eigenvalue weighted by atomic mass is 19.1. The number of nitrogens with two attached hydrogens (primary N) is 1. The third-order valence-corrected chi connectivity index (χ3v) is 4.86. The summed E-state index contributed by atoms with van der Waals surface area (Å²) in [6.45, 7) is 0.344. The number of rotatable bonds is 4. The van der Waals surface area contributed by atoms with Gasteiger partial charge in [-0.1, -0.05) is 25.3 Å². The van der Waals surface area contributed by atoms with E-state index < -0.39 is 17.0 Å². The molecule has 0 saturated heterocycles. The molecule has 120 valence electrons. The number of aliphatic imine (C=N–C) groups is 1. The smallest absolute Gasteiger partial charge is 0.188 e. The minimum Gasteiger partial charge on any atom is -0.370 e. The Morgan fingerprint density at radius 3 is 2.41 bits per heavy atom. The number of nitrogens with zero attached hydrogens (tertiary/aromatic N) is 1. The second kappa shape index (κ2) is 6.23. The first kappa shape index (κ1) is 15.3. The molecule has 0 radical (unpaired) electrons. The molecular weight excluding hydrogens is 284 g/mol. The van der Waals surface area contributed by atoms with Crippen molar-refractivity contribution < 1.29 is 8.78 Å². The van der Waals surface area contributed by atoms with Crippen molar-refractivity contribution in [3.8, 4) is 0 Å². The van der Waals surface area contributed by atoms with Crippen molar-refractivity contribution >= 4 is 5.96 Å². The number of nitrogens with one attached hydrogen (secondary N) is 1. The van der Waals surface area contributed by atoms with E-state index in [2.05, 4.69) is 10.3 Å². The third kappa shape index (κ3) is 3.23. The van der Waals surface area contributed by atoms with Crippen molar-refractivity contribution in [2.75, 3.05) is 6.54 Å². The van der Waals surface area contributed by atoms with Gasteiger partial charge in [0.15, 0.2) is 5.96 Å². The molecule has 3 N–H and O–H groups in total. The summed E-state index contributed by atoms with van der Waals surface area (Å²) in [5.74, 6) is -0.562. The molecule has 5 heteroatoms. The van der Waals surface area contributed by atoms with Crippen LogP contribution in [0.25, 0.3) is 0 Å². The van der Waals surface area contributed by atoms with Gasteiger partial charge in [-0.05, 0) is 37.8 Å². The number of benzene rings is 1. The fraction of sp³-hybridized carbons (Fsp3) is 0.588. The van der Waals surface area contributed by atoms with Crippen LogP contribution >= 0.6 is 0 Å². The summed E-state index contributed by atoms with van der Waals surface area (Å²) < 4.78 is 27.9. The van der Waals surface area contributed by atoms with E-state index in [1.165, 1.54) is 37.5 Å². The molecule has 3 nitrogen and oxygen atoms in total. The predicted octanol–water partition coefficient (Wildman–Crippen LogP) is 3.23. The van der Waals surface area contributed by atoms with Gasteiger partial charge in [0.05, 0.1) is 6.54 Å². The normalized spacial score (nSPS) is 21.6. The molecule has 0 atom stereocenters. The Balaban J connectivity index is 1.66. The maximum Gasteiger partial charge on any atom is 0.188 e. The molecule has 0 spiro atoms. The quantitative estimate of drug-likeness (QED) is 0.663. The van der Waals surface area contributed by atoms with Gasteiger partial charge in [-0.2, -0.15) is 0 Å². The van der Waals surface area contributed by atoms with E-state index in [0.29, 0.717) is 18.5 Å². The van der Waals surface area contributed by atoms with Gasteiger partial charge in [-0.3, -0.25) is 4.99 Å². The summed E-state index contributed by atoms with van der Waals surface area (Å²) in [4.78, 5) is 4.36. The Morgan fingerprint density at radius 2 is 1.82 bits per heavy atom. The lowest BCUT2D eigenvalue weighted by atomic mass is 9.95. The predicted molar refractivity (Wildman–Crippen MR) is 83.8 cm³/mol. The van der Waals surface area contributed by atoms with Crippen molar-refractivity contribution in [3.63, 3.8) is 0 Å². The van der Waals surface area contributed by atoms with Crippen LogP contribution in [-0.4, -0.2) is 18.5 Å². The van der Waals surface area contributed by atoms with Crippen LogP contribution in [0.4, 0.5) is 8.78 Å². The van der Waals surface area contributed by atoms with E-state index in [0.717, 1.165) is 25.7 Å². The molecule has 0 unspecified atom stereocenters. The van der Waals surface area contributed by atoms with Gasteiger partial charge >= 0.3 is 0 Å². The Morgan fingerprint density at radius 1 is 1.18 bits per heavy atom. The molecule has 1 aromatic rings. The molecule has 22 heavy (non-hydrogen) atoms. The molecule has 3 rings (SSSR count). The molecule has 2 aliphatic carbocycles. The highest BCUT2D eigenvalue weighted by molar-refractivity contribution is 5.78. The average Bonchev–Trinajstić information content (AvgIpc) is 3.27. The Hall–Kier alpha value is -1.65. The van der Waals surface area contributed by atoms with Gasteiger partial charge in [0.25, 0.3) is 0 Å². The standard InChI is InChI=1S/C17H23F2N3/c18-13-7-4-8-14(19)15(13)17(9-10-17)11-21-16(20)22-12-5-2-1-3-6-12/h4,7-8,12H,1-3,5-6,9-11H2,(H3,20,21,22). The van der Waals surface area contributed by atoms with Crippen LogP contribution in [0.15, 0.2) is 23.2 Å². The summed E-state index contributed by atoms with van der Waals surface area (Å²) >= 11 is 0. The molecule has 0 heterocycles. The Bertz CT molecular complexity index is 541. The second-order valence-corrected chi connectivity index (χ2v) is 6.56. The largest absolute Gasteiger partial charge is 0.370 e. The highest BCUT2D eigenvalue weighted by Gasteiger charge is 2.47. The first-order valence-corrected chi connectivity index (χ1v) is 8.12. The summed E-state index contributed by atoms with van der Waals surface area (Å²) in [6.07, 6.45) is 7.46. The van der Waals surface area contributed by atoms with E-state index in [4.69, 9.17) is 5.73 Å². The molecule has 2 aliphatic rings. The first-order chi connectivity index (χ1) is 10.6. The van der Waals surface area contributed by atoms with Crippen LogP contribution in [0.5, 0.6) is 0 Å². The van der Waals surface area contributed by atoms with E-state index in [9.17, 15) is 8.78 Å². The van der Waals surface area contributed by atoms with Gasteiger partial charge in [0, 0.05) is 17.0 Å². The minimum atomic E-state index is -0.506. The van der Waals surface area contributed by atoms with E-state index >= 15 is 0 Å². The number of hydrogen-bond donors (Lipinski definition) is 2. The zero-order valence-electron chi connectivity index (χ0n) is 12.7. The van der Waals surface area contributed by atoms with Gasteiger partial charge in [0.1, 0.15) is 11.6 Å². The van der Waals surface area contributed by atoms with Gasteiger partial charge in [-0.25, -0.2) is 8.78 Å². The molecule has 0 amide bonds. The van der Waals surface area contributed by atoms with Crippen molar-refractivity contribution in [1.82, 2.24) is 5.32 Å². The topological polar surface area (TPSA) is 50.4 Å². The molecule has 0 aliphatic heterocycles. The van der Waals surface area contributed by atoms with Crippen LogP contribution < -0.4 is 11.1 Å². The number of hydrogen-bond acceptors (Lipinski definition) is 1. The average molecular weight is 307 g/mol. The first-order valence-electron chi connectivity index (χ1n) is 8.12. The van der Waals surface area contributed by atoms with Crippen LogP contribution in [0, 0.1) is 11.6 Å². The number of guanidine groups is 1. The van der Waals surface area contributed by atoms with Crippen molar-refractivity contribution in [1.29, 1.82) is 0 Å². The van der Waals surface area contributed by atoms with Crippen LogP contribution in [-0.2, 0) is 5.41 Å². The van der Waals surface area contributed by atoms with Gasteiger partial charge in [-0.15, -0.1) is 0 Å². The van der Waals surface area contributed by atoms with Crippen molar-refractivity contribution in [3.05, 3.63) is 35.4 Å². The summed E-state index contributed by atoms with van der Waals surface area (Å²) in [7, 11) is 0. The summed E-state index contributed by atoms with van der Waals surface area (Å²) in [5, 5.41) is 3.24. The molecule has 2 saturated carbocycles. The monoisotopic (exact) mass is 307 g/mol. The second-order valence-electron chi connectivity index (χ2n) is 6.56. The van der Waals surface area contributed by atoms with Gasteiger partial charge in [0.2, 0.25) is 0 Å². The van der Waals surface area contributed by atoms with Crippen molar-refractivity contribution in [2.24, 2.45) is 10.7 Å². The fourth-order valence-electron chi connectivity index (χ4n) is 3.38. The van der Waals surface area contributed by atoms with E-state index in [1.54, 1.807) is 0 Å². The maximum absolute atomic E-state index is 13.9. The minimum absolute atomic E-state index is 0.171. The van der Waals surface area contributed by atoms with Gasteiger partial charge < -0.3 is 11.1 Å². The van der Waals surface area contributed by atoms with Crippen LogP contribution in [0.2, 0.25) is 0 Å². The Labute approximate surface area is 130 Å². The maximum atomic E-state index is 13.9. The molecule has 0 aromatic heterocycles. The third-order valence-electron chi connectivity index (χ3n) is 4.86. The lowest BCUT2D eigenvalue weighted by Crippen LogP contribution is -2.41. The summed E-state index contributed by atoms with van der Waals surface area (Å²) in [6, 6.07) is 4.40. The Kier molecular flexibility index (Phi) is 4.32. The fourth-order valence-corrected chi connectivity index (χ4v) is 3.38. The van der Waals surface area contributed by atoms with Crippen LogP contribution in [0.3, 0.4) is 0 Å².